The SMILES string of the molecule is O=S(=O)(OS(=O)(=O)C(F)Cl)C(F)Cl. The summed E-state index contributed by atoms with van der Waals surface area (Å²) in [5, 5.41) is 0. The van der Waals surface area contributed by atoms with E-state index >= 15 is 0 Å². The minimum Gasteiger partial charge on any atom is -0.209 e. The Morgan fingerprint density at radius 2 is 1.15 bits per heavy atom. The average Bonchev–Trinajstić information content (AvgIpc) is 1.83. The minimum atomic E-state index is -5.21. The molecule has 0 aliphatic carbocycles. The highest BCUT2D eigenvalue weighted by atomic mass is 35.5. The lowest BCUT2D eigenvalue weighted by Gasteiger charge is -2.04. The van der Waals surface area contributed by atoms with Crippen molar-refractivity contribution in [2.24, 2.45) is 0 Å². The van der Waals surface area contributed by atoms with Crippen molar-refractivity contribution in [2.45, 2.75) is 9.93 Å². The average molecular weight is 279 g/mol. The van der Waals surface area contributed by atoms with Gasteiger partial charge in [0.05, 0.1) is 0 Å². The number of alkyl halides is 4. The summed E-state index contributed by atoms with van der Waals surface area (Å²) in [5.41, 5.74) is 0. The van der Waals surface area contributed by atoms with E-state index in [1.165, 1.54) is 0 Å². The molecule has 5 nitrogen and oxygen atoms in total. The van der Waals surface area contributed by atoms with Crippen LogP contribution in [0.5, 0.6) is 0 Å². The Morgan fingerprint density at radius 3 is 1.31 bits per heavy atom. The normalized spacial score (nSPS) is 18.2. The summed E-state index contributed by atoms with van der Waals surface area (Å²) in [6.07, 6.45) is 0. The van der Waals surface area contributed by atoms with Gasteiger partial charge in [-0.05, 0) is 0 Å². The summed E-state index contributed by atoms with van der Waals surface area (Å²) < 4.78 is 68.1. The van der Waals surface area contributed by atoms with E-state index in [1.807, 2.05) is 0 Å². The molecule has 2 unspecified atom stereocenters. The Hall–Kier alpha value is 0.300. The van der Waals surface area contributed by atoms with Crippen LogP contribution < -0.4 is 0 Å². The Balaban J connectivity index is 4.86. The van der Waals surface area contributed by atoms with Crippen LogP contribution >= 0.6 is 23.2 Å². The lowest BCUT2D eigenvalue weighted by molar-refractivity contribution is 0.403. The highest BCUT2D eigenvalue weighted by Gasteiger charge is 2.35. The van der Waals surface area contributed by atoms with Gasteiger partial charge in [0, 0.05) is 0 Å². The highest BCUT2D eigenvalue weighted by Crippen LogP contribution is 2.18. The van der Waals surface area contributed by atoms with Crippen LogP contribution in [0.2, 0.25) is 0 Å². The molecule has 0 aliphatic rings. The second-order valence-corrected chi connectivity index (χ2v) is 6.20. The Bertz CT molecular complexity index is 322. The topological polar surface area (TPSA) is 77.5 Å². The van der Waals surface area contributed by atoms with Crippen LogP contribution in [-0.4, -0.2) is 26.8 Å². The minimum absolute atomic E-state index is 3.08. The fourth-order valence-electron chi connectivity index (χ4n) is 0.192. The van der Waals surface area contributed by atoms with Crippen LogP contribution in [-0.2, 0) is 23.9 Å². The largest absolute Gasteiger partial charge is 0.329 e. The summed E-state index contributed by atoms with van der Waals surface area (Å²) in [6.45, 7) is 0. The van der Waals surface area contributed by atoms with Gasteiger partial charge in [0.2, 0.25) is 0 Å². The van der Waals surface area contributed by atoms with Crippen molar-refractivity contribution in [1.29, 1.82) is 0 Å². The summed E-state index contributed by atoms with van der Waals surface area (Å²) in [5.74, 6) is 0. The van der Waals surface area contributed by atoms with Crippen molar-refractivity contribution in [1.82, 2.24) is 0 Å². The molecule has 2 atom stereocenters. The third-order valence-electron chi connectivity index (χ3n) is 0.626. The summed E-state index contributed by atoms with van der Waals surface area (Å²) in [7, 11) is -10.4. The predicted octanol–water partition coefficient (Wildman–Crippen LogP) is 0.646. The molecule has 0 aromatic carbocycles. The molecule has 0 radical (unpaired) electrons. The quantitative estimate of drug-likeness (QED) is 0.706. The maximum atomic E-state index is 11.9. The highest BCUT2D eigenvalue weighted by molar-refractivity contribution is 8.01. The molecular weight excluding hydrogens is 277 g/mol. The van der Waals surface area contributed by atoms with Gasteiger partial charge in [0.15, 0.2) is 0 Å². The van der Waals surface area contributed by atoms with E-state index in [0.717, 1.165) is 0 Å². The molecule has 0 aromatic heterocycles. The molecule has 0 saturated carbocycles. The smallest absolute Gasteiger partial charge is 0.209 e. The van der Waals surface area contributed by atoms with Crippen molar-refractivity contribution in [3.05, 3.63) is 0 Å². The first-order chi connectivity index (χ1) is 5.59. The summed E-state index contributed by atoms with van der Waals surface area (Å²) in [6, 6.07) is 0. The van der Waals surface area contributed by atoms with Gasteiger partial charge in [-0.3, -0.25) is 0 Å². The van der Waals surface area contributed by atoms with E-state index in [-0.39, 0.29) is 0 Å². The fourth-order valence-corrected chi connectivity index (χ4v) is 2.26. The zero-order valence-electron chi connectivity index (χ0n) is 5.52. The lowest BCUT2D eigenvalue weighted by Crippen LogP contribution is -2.22. The van der Waals surface area contributed by atoms with Crippen LogP contribution in [0.1, 0.15) is 0 Å². The van der Waals surface area contributed by atoms with Crippen LogP contribution in [0.15, 0.2) is 0 Å². The maximum absolute atomic E-state index is 11.9. The van der Waals surface area contributed by atoms with Crippen molar-refractivity contribution >= 4 is 43.4 Å². The van der Waals surface area contributed by atoms with E-state index in [0.29, 0.717) is 0 Å². The standard InChI is InChI=1S/C2H2Cl2F2O5S2/c3-1(5)12(7,8)11-13(9,10)2(4)6/h1-2H. The van der Waals surface area contributed by atoms with E-state index in [9.17, 15) is 25.6 Å². The van der Waals surface area contributed by atoms with Gasteiger partial charge in [0.1, 0.15) is 0 Å². The maximum Gasteiger partial charge on any atom is 0.329 e. The molecule has 0 heterocycles. The zero-order chi connectivity index (χ0) is 10.9. The molecule has 13 heavy (non-hydrogen) atoms. The second-order valence-electron chi connectivity index (χ2n) is 1.57. The first kappa shape index (κ1) is 13.3. The molecule has 0 fully saturated rings. The third-order valence-corrected chi connectivity index (χ3v) is 4.33. The van der Waals surface area contributed by atoms with Gasteiger partial charge in [-0.15, -0.1) is 3.63 Å². The van der Waals surface area contributed by atoms with Gasteiger partial charge in [-0.1, -0.05) is 23.2 Å². The first-order valence-electron chi connectivity index (χ1n) is 2.34. The molecule has 0 amide bonds. The van der Waals surface area contributed by atoms with Gasteiger partial charge in [0.25, 0.3) is 9.93 Å². The molecule has 0 bridgehead atoms. The Morgan fingerprint density at radius 1 is 0.923 bits per heavy atom. The van der Waals surface area contributed by atoms with Gasteiger partial charge >= 0.3 is 20.2 Å². The molecule has 80 valence electrons. The lowest BCUT2D eigenvalue weighted by atomic mass is 11.8. The van der Waals surface area contributed by atoms with Gasteiger partial charge < -0.3 is 0 Å². The summed E-state index contributed by atoms with van der Waals surface area (Å²) in [4.78, 5) is -6.23. The van der Waals surface area contributed by atoms with Crippen molar-refractivity contribution in [3.8, 4) is 0 Å². The fraction of sp³-hybridized carbons (Fsp3) is 1.00. The van der Waals surface area contributed by atoms with Crippen LogP contribution in [0, 0.1) is 0 Å². The molecule has 0 saturated heterocycles. The molecule has 0 aromatic rings. The van der Waals surface area contributed by atoms with Crippen molar-refractivity contribution in [2.75, 3.05) is 0 Å². The van der Waals surface area contributed by atoms with E-state index in [1.54, 1.807) is 0 Å². The number of rotatable bonds is 4. The monoisotopic (exact) mass is 278 g/mol. The van der Waals surface area contributed by atoms with Gasteiger partial charge in [-0.25, -0.2) is 8.78 Å². The molecule has 0 N–H and O–H groups in total. The molecule has 0 rings (SSSR count). The number of hydrogen-bond donors (Lipinski definition) is 0. The van der Waals surface area contributed by atoms with Crippen molar-refractivity contribution < 1.29 is 29.2 Å². The van der Waals surface area contributed by atoms with Gasteiger partial charge in [-0.2, -0.15) is 16.8 Å². The van der Waals surface area contributed by atoms with Crippen LogP contribution in [0.4, 0.5) is 8.78 Å². The number of halogens is 4. The Kier molecular flexibility index (Phi) is 4.31. The second kappa shape index (κ2) is 4.22. The zero-order valence-corrected chi connectivity index (χ0v) is 8.67. The predicted molar refractivity (Wildman–Crippen MR) is 40.4 cm³/mol. The summed E-state index contributed by atoms with van der Waals surface area (Å²) >= 11 is 8.74. The van der Waals surface area contributed by atoms with E-state index in [4.69, 9.17) is 0 Å². The number of hydrogen-bond acceptors (Lipinski definition) is 5. The third kappa shape index (κ3) is 3.90. The molecule has 0 aliphatic heterocycles. The molecule has 0 spiro atoms. The van der Waals surface area contributed by atoms with Crippen LogP contribution in [0.25, 0.3) is 0 Å². The first-order valence-corrected chi connectivity index (χ1v) is 6.16. The van der Waals surface area contributed by atoms with Crippen LogP contribution in [0.3, 0.4) is 0 Å². The van der Waals surface area contributed by atoms with Crippen molar-refractivity contribution in [3.63, 3.8) is 0 Å². The Labute approximate surface area is 82.8 Å². The molecular formula is C2H2Cl2F2O5S2. The van der Waals surface area contributed by atoms with E-state index < -0.39 is 30.2 Å². The van der Waals surface area contributed by atoms with E-state index in [2.05, 4.69) is 26.8 Å². The molecule has 11 heteroatoms.